The minimum atomic E-state index is 0.222. The van der Waals surface area contributed by atoms with Crippen LogP contribution in [0.1, 0.15) is 50.4 Å². The van der Waals surface area contributed by atoms with Crippen LogP contribution in [0.3, 0.4) is 0 Å². The van der Waals surface area contributed by atoms with Crippen LogP contribution in [0.5, 0.6) is 5.75 Å². The fourth-order valence-corrected chi connectivity index (χ4v) is 4.02. The number of phenolic OH excluding ortho intramolecular Hbond substituents is 1. The second kappa shape index (κ2) is 9.76. The molecule has 0 bridgehead atoms. The number of aromatic hydroxyl groups is 1. The first kappa shape index (κ1) is 21.8. The van der Waals surface area contributed by atoms with Crippen LogP contribution in [-0.2, 0) is 0 Å². The fourth-order valence-electron chi connectivity index (χ4n) is 3.19. The van der Waals surface area contributed by atoms with E-state index in [4.69, 9.17) is 4.99 Å². The Balaban J connectivity index is 1.89. The van der Waals surface area contributed by atoms with Gasteiger partial charge in [-0.2, -0.15) is 5.10 Å². The average molecular weight is 423 g/mol. The van der Waals surface area contributed by atoms with Crippen molar-refractivity contribution in [2.24, 2.45) is 10.1 Å². The first-order valence-corrected chi connectivity index (χ1v) is 11.2. The van der Waals surface area contributed by atoms with Crippen LogP contribution in [0, 0.1) is 6.92 Å². The van der Waals surface area contributed by atoms with E-state index in [1.54, 1.807) is 28.3 Å². The van der Waals surface area contributed by atoms with Crippen LogP contribution >= 0.6 is 11.3 Å². The van der Waals surface area contributed by atoms with Gasteiger partial charge in [0.1, 0.15) is 5.75 Å². The highest BCUT2D eigenvalue weighted by Crippen LogP contribution is 2.24. The molecule has 6 heteroatoms. The summed E-state index contributed by atoms with van der Waals surface area (Å²) in [6, 6.07) is 14.0. The van der Waals surface area contributed by atoms with Gasteiger partial charge < -0.3 is 10.0 Å². The summed E-state index contributed by atoms with van der Waals surface area (Å²) in [5.74, 6) is 0.720. The van der Waals surface area contributed by atoms with Crippen LogP contribution in [0.4, 0.5) is 11.4 Å². The molecule has 0 atom stereocenters. The van der Waals surface area contributed by atoms with E-state index in [0.29, 0.717) is 11.5 Å². The summed E-state index contributed by atoms with van der Waals surface area (Å²) in [6.45, 7) is 12.4. The lowest BCUT2D eigenvalue weighted by Crippen LogP contribution is -2.21. The Hall–Kier alpha value is -2.86. The molecular formula is C24H30N4OS. The van der Waals surface area contributed by atoms with Gasteiger partial charge in [-0.25, -0.2) is 9.67 Å². The molecule has 0 fully saturated rings. The molecule has 30 heavy (non-hydrogen) atoms. The fraction of sp³-hybridized carbons (Fsp3) is 0.333. The number of benzene rings is 2. The average Bonchev–Trinajstić information content (AvgIpc) is 3.08. The predicted octanol–water partition coefficient (Wildman–Crippen LogP) is 5.65. The van der Waals surface area contributed by atoms with Gasteiger partial charge in [-0.3, -0.25) is 0 Å². The molecule has 0 amide bonds. The SMILES string of the molecule is CCN(CC)c1ccc(C=Nn2c(C)csc2=Nc2ccc(C(C)C)cc2)c(O)c1. The second-order valence-electron chi connectivity index (χ2n) is 7.49. The second-order valence-corrected chi connectivity index (χ2v) is 8.33. The normalized spacial score (nSPS) is 12.3. The predicted molar refractivity (Wildman–Crippen MR) is 127 cm³/mol. The molecule has 1 aromatic heterocycles. The quantitative estimate of drug-likeness (QED) is 0.500. The Labute approximate surface area is 182 Å². The zero-order valence-electron chi connectivity index (χ0n) is 18.3. The molecule has 3 rings (SSSR count). The summed E-state index contributed by atoms with van der Waals surface area (Å²) in [5.41, 5.74) is 4.88. The van der Waals surface area contributed by atoms with Crippen LogP contribution < -0.4 is 9.70 Å². The minimum Gasteiger partial charge on any atom is -0.507 e. The Morgan fingerprint density at radius 2 is 1.80 bits per heavy atom. The Morgan fingerprint density at radius 3 is 2.40 bits per heavy atom. The van der Waals surface area contributed by atoms with E-state index in [1.807, 2.05) is 36.6 Å². The summed E-state index contributed by atoms with van der Waals surface area (Å²) in [4.78, 5) is 7.74. The summed E-state index contributed by atoms with van der Waals surface area (Å²) < 4.78 is 1.80. The third kappa shape index (κ3) is 5.00. The van der Waals surface area contributed by atoms with Gasteiger partial charge in [-0.15, -0.1) is 11.3 Å². The highest BCUT2D eigenvalue weighted by Gasteiger charge is 2.06. The van der Waals surface area contributed by atoms with Gasteiger partial charge in [0.2, 0.25) is 4.80 Å². The van der Waals surface area contributed by atoms with E-state index in [1.165, 1.54) is 5.56 Å². The minimum absolute atomic E-state index is 0.222. The zero-order valence-corrected chi connectivity index (χ0v) is 19.1. The Morgan fingerprint density at radius 1 is 1.10 bits per heavy atom. The van der Waals surface area contributed by atoms with Crippen molar-refractivity contribution in [3.05, 3.63) is 69.5 Å². The molecule has 0 saturated carbocycles. The molecule has 0 unspecified atom stereocenters. The molecular weight excluding hydrogens is 392 g/mol. The number of aromatic nitrogens is 1. The molecule has 5 nitrogen and oxygen atoms in total. The highest BCUT2D eigenvalue weighted by atomic mass is 32.1. The molecule has 0 saturated heterocycles. The summed E-state index contributed by atoms with van der Waals surface area (Å²) in [7, 11) is 0. The largest absolute Gasteiger partial charge is 0.507 e. The van der Waals surface area contributed by atoms with Crippen molar-refractivity contribution in [3.8, 4) is 5.75 Å². The van der Waals surface area contributed by atoms with Crippen molar-refractivity contribution in [3.63, 3.8) is 0 Å². The van der Waals surface area contributed by atoms with Crippen molar-refractivity contribution >= 4 is 28.9 Å². The zero-order chi connectivity index (χ0) is 21.7. The smallest absolute Gasteiger partial charge is 0.211 e. The first-order valence-electron chi connectivity index (χ1n) is 10.4. The first-order chi connectivity index (χ1) is 14.4. The number of anilines is 1. The van der Waals surface area contributed by atoms with Crippen molar-refractivity contribution < 1.29 is 5.11 Å². The van der Waals surface area contributed by atoms with Gasteiger partial charge in [0.05, 0.1) is 17.6 Å². The summed E-state index contributed by atoms with van der Waals surface area (Å²) in [5, 5.41) is 17.1. The molecule has 3 aromatic rings. The molecule has 0 aliphatic carbocycles. The lowest BCUT2D eigenvalue weighted by molar-refractivity contribution is 0.474. The maximum atomic E-state index is 10.5. The molecule has 0 aliphatic rings. The summed E-state index contributed by atoms with van der Waals surface area (Å²) in [6.07, 6.45) is 1.68. The van der Waals surface area contributed by atoms with Gasteiger partial charge >= 0.3 is 0 Å². The molecule has 0 radical (unpaired) electrons. The van der Waals surface area contributed by atoms with Gasteiger partial charge in [-0.1, -0.05) is 26.0 Å². The standard InChI is InChI=1S/C24H30N4OS/c1-6-27(7-2)22-13-10-20(23(29)14-22)15-25-28-18(5)16-30-24(28)26-21-11-8-19(9-12-21)17(3)4/h8-17,29H,6-7H2,1-5H3. The third-order valence-electron chi connectivity index (χ3n) is 5.09. The van der Waals surface area contributed by atoms with Gasteiger partial charge in [0.15, 0.2) is 0 Å². The van der Waals surface area contributed by atoms with Crippen molar-refractivity contribution in [2.75, 3.05) is 18.0 Å². The molecule has 2 aromatic carbocycles. The van der Waals surface area contributed by atoms with Crippen LogP contribution in [0.15, 0.2) is 57.9 Å². The van der Waals surface area contributed by atoms with E-state index >= 15 is 0 Å². The van der Waals surface area contributed by atoms with E-state index in [-0.39, 0.29) is 5.75 Å². The molecule has 158 valence electrons. The number of hydrogen-bond acceptors (Lipinski definition) is 5. The van der Waals surface area contributed by atoms with E-state index < -0.39 is 0 Å². The number of nitrogens with zero attached hydrogens (tertiary/aromatic N) is 4. The van der Waals surface area contributed by atoms with Crippen LogP contribution in [0.2, 0.25) is 0 Å². The lowest BCUT2D eigenvalue weighted by atomic mass is 10.0. The maximum absolute atomic E-state index is 10.5. The number of phenols is 1. The van der Waals surface area contributed by atoms with E-state index in [9.17, 15) is 5.11 Å². The molecule has 0 spiro atoms. The number of thiazole rings is 1. The Kier molecular flexibility index (Phi) is 7.11. The van der Waals surface area contributed by atoms with Gasteiger partial charge in [-0.05, 0) is 56.5 Å². The van der Waals surface area contributed by atoms with E-state index in [2.05, 4.69) is 49.8 Å². The molecule has 1 heterocycles. The molecule has 0 aliphatic heterocycles. The Bertz CT molecular complexity index is 1070. The van der Waals surface area contributed by atoms with Gasteiger partial charge in [0.25, 0.3) is 0 Å². The topological polar surface area (TPSA) is 53.1 Å². The van der Waals surface area contributed by atoms with Crippen LogP contribution in [-0.4, -0.2) is 29.1 Å². The van der Waals surface area contributed by atoms with Crippen molar-refractivity contribution in [1.82, 2.24) is 4.68 Å². The lowest BCUT2D eigenvalue weighted by Gasteiger charge is -2.21. The van der Waals surface area contributed by atoms with E-state index in [0.717, 1.165) is 35.0 Å². The van der Waals surface area contributed by atoms with Crippen molar-refractivity contribution in [1.29, 1.82) is 0 Å². The molecule has 1 N–H and O–H groups in total. The monoisotopic (exact) mass is 422 g/mol. The highest BCUT2D eigenvalue weighted by molar-refractivity contribution is 7.07. The van der Waals surface area contributed by atoms with Gasteiger partial charge in [0, 0.05) is 35.8 Å². The number of hydrogen-bond donors (Lipinski definition) is 1. The number of rotatable bonds is 7. The summed E-state index contributed by atoms with van der Waals surface area (Å²) >= 11 is 1.55. The third-order valence-corrected chi connectivity index (χ3v) is 6.02. The number of aryl methyl sites for hydroxylation is 1. The maximum Gasteiger partial charge on any atom is 0.211 e. The van der Waals surface area contributed by atoms with Crippen LogP contribution in [0.25, 0.3) is 0 Å². The van der Waals surface area contributed by atoms with Crippen molar-refractivity contribution in [2.45, 2.75) is 40.5 Å².